The highest BCUT2D eigenvalue weighted by Crippen LogP contribution is 2.32. The highest BCUT2D eigenvalue weighted by Gasteiger charge is 2.38. The lowest BCUT2D eigenvalue weighted by atomic mass is 9.86. The zero-order chi connectivity index (χ0) is 30.5. The van der Waals surface area contributed by atoms with Crippen molar-refractivity contribution in [1.82, 2.24) is 0 Å². The van der Waals surface area contributed by atoms with Crippen molar-refractivity contribution in [3.63, 3.8) is 0 Å². The maximum Gasteiger partial charge on any atom is 0.326 e. The van der Waals surface area contributed by atoms with Crippen LogP contribution >= 0.6 is 0 Å². The van der Waals surface area contributed by atoms with E-state index in [9.17, 15) is 19.2 Å². The summed E-state index contributed by atoms with van der Waals surface area (Å²) in [5.41, 5.74) is 5.57. The van der Waals surface area contributed by atoms with Crippen LogP contribution in [-0.4, -0.2) is 42.6 Å². The summed E-state index contributed by atoms with van der Waals surface area (Å²) >= 11 is 0. The monoisotopic (exact) mass is 563 g/mol. The normalized spacial score (nSPS) is 13.6. The lowest BCUT2D eigenvalue weighted by Crippen LogP contribution is -2.53. The highest BCUT2D eigenvalue weighted by atomic mass is 16.6. The number of carbonyl (C=O) groups excluding carboxylic acids is 4. The first-order valence-electron chi connectivity index (χ1n) is 14.3. The van der Waals surface area contributed by atoms with E-state index < -0.39 is 29.6 Å². The minimum absolute atomic E-state index is 0.00563. The van der Waals surface area contributed by atoms with Crippen LogP contribution in [0.5, 0.6) is 11.5 Å². The van der Waals surface area contributed by atoms with Crippen molar-refractivity contribution in [1.29, 1.82) is 0 Å². The standard InChI is InChI=1S/C31H49NO8/c1-20(2)9-14-27(33)38-23(7)18-31(32,30(36)37-8)19-24-12-13-25(39-28(34)15-10-21(3)4)26(17-24)40-29(35)16-11-22(5)6/h12-13,17,20-23H,9-11,14-16,18-19,32H2,1-8H3/t23-,31?/m0/s1. The molecule has 0 spiro atoms. The van der Waals surface area contributed by atoms with Gasteiger partial charge in [-0.2, -0.15) is 0 Å². The predicted molar refractivity (Wildman–Crippen MR) is 153 cm³/mol. The Bertz CT molecular complexity index is 988. The van der Waals surface area contributed by atoms with Gasteiger partial charge in [0.05, 0.1) is 7.11 Å². The van der Waals surface area contributed by atoms with Crippen molar-refractivity contribution in [2.75, 3.05) is 7.11 Å². The van der Waals surface area contributed by atoms with Crippen LogP contribution in [0.2, 0.25) is 0 Å². The summed E-state index contributed by atoms with van der Waals surface area (Å²) in [7, 11) is 1.24. The molecule has 1 unspecified atom stereocenters. The van der Waals surface area contributed by atoms with Crippen LogP contribution in [0, 0.1) is 17.8 Å². The predicted octanol–water partition coefficient (Wildman–Crippen LogP) is 5.54. The van der Waals surface area contributed by atoms with Crippen molar-refractivity contribution < 1.29 is 38.1 Å². The molecular formula is C31H49NO8. The molecule has 2 N–H and O–H groups in total. The Labute approximate surface area is 239 Å². The fourth-order valence-corrected chi connectivity index (χ4v) is 4.03. The van der Waals surface area contributed by atoms with E-state index in [1.165, 1.54) is 13.2 Å². The van der Waals surface area contributed by atoms with Crippen LogP contribution in [0.25, 0.3) is 0 Å². The number of rotatable bonds is 17. The average Bonchev–Trinajstić information content (AvgIpc) is 2.85. The molecule has 0 fully saturated rings. The van der Waals surface area contributed by atoms with Crippen molar-refractivity contribution >= 4 is 23.9 Å². The Morgan fingerprint density at radius 2 is 1.23 bits per heavy atom. The Morgan fingerprint density at radius 3 is 1.70 bits per heavy atom. The number of nitrogens with two attached hydrogens (primary N) is 1. The van der Waals surface area contributed by atoms with Gasteiger partial charge in [-0.15, -0.1) is 0 Å². The van der Waals surface area contributed by atoms with Gasteiger partial charge in [0.2, 0.25) is 0 Å². The zero-order valence-corrected chi connectivity index (χ0v) is 25.5. The summed E-state index contributed by atoms with van der Waals surface area (Å²) < 4.78 is 21.6. The smallest absolute Gasteiger partial charge is 0.326 e. The summed E-state index contributed by atoms with van der Waals surface area (Å²) in [5.74, 6) is -0.727. The van der Waals surface area contributed by atoms with E-state index in [0.717, 1.165) is 0 Å². The molecule has 0 radical (unpaired) electrons. The Morgan fingerprint density at radius 1 is 0.750 bits per heavy atom. The molecule has 0 saturated carbocycles. The molecule has 9 nitrogen and oxygen atoms in total. The number of hydrogen-bond acceptors (Lipinski definition) is 9. The van der Waals surface area contributed by atoms with Crippen LogP contribution in [0.15, 0.2) is 18.2 Å². The second-order valence-corrected chi connectivity index (χ2v) is 11.9. The Kier molecular flexibility index (Phi) is 14.9. The van der Waals surface area contributed by atoms with Crippen molar-refractivity contribution in [3.05, 3.63) is 23.8 Å². The number of hydrogen-bond donors (Lipinski definition) is 1. The second-order valence-electron chi connectivity index (χ2n) is 11.9. The minimum atomic E-state index is -1.53. The van der Waals surface area contributed by atoms with Gasteiger partial charge in [0.1, 0.15) is 11.6 Å². The third-order valence-corrected chi connectivity index (χ3v) is 6.33. The van der Waals surface area contributed by atoms with Gasteiger partial charge in [-0.1, -0.05) is 47.6 Å². The molecule has 9 heteroatoms. The third kappa shape index (κ3) is 13.4. The number of ether oxygens (including phenoxy) is 4. The molecule has 1 aromatic rings. The van der Waals surface area contributed by atoms with Gasteiger partial charge in [0, 0.05) is 32.1 Å². The maximum atomic E-state index is 12.8. The maximum absolute atomic E-state index is 12.8. The Hall–Kier alpha value is -2.94. The number of methoxy groups -OCH3 is 1. The molecule has 226 valence electrons. The van der Waals surface area contributed by atoms with Crippen LogP contribution in [0.4, 0.5) is 0 Å². The lowest BCUT2D eigenvalue weighted by Gasteiger charge is -2.29. The van der Waals surface area contributed by atoms with E-state index in [0.29, 0.717) is 42.6 Å². The van der Waals surface area contributed by atoms with Gasteiger partial charge in [0.25, 0.3) is 0 Å². The van der Waals surface area contributed by atoms with E-state index in [4.69, 9.17) is 24.7 Å². The molecule has 0 saturated heterocycles. The molecule has 0 amide bonds. The zero-order valence-electron chi connectivity index (χ0n) is 25.5. The van der Waals surface area contributed by atoms with Gasteiger partial charge in [-0.3, -0.25) is 19.2 Å². The van der Waals surface area contributed by atoms with E-state index >= 15 is 0 Å². The van der Waals surface area contributed by atoms with Crippen molar-refractivity contribution in [2.45, 2.75) is 111 Å². The van der Waals surface area contributed by atoms with Crippen LogP contribution in [-0.2, 0) is 35.1 Å². The second kappa shape index (κ2) is 17.0. The van der Waals surface area contributed by atoms with E-state index in [-0.39, 0.29) is 49.6 Å². The summed E-state index contributed by atoms with van der Waals surface area (Å²) in [6, 6.07) is 4.73. The molecule has 0 aliphatic carbocycles. The molecule has 0 bridgehead atoms. The van der Waals surface area contributed by atoms with E-state index in [1.54, 1.807) is 19.1 Å². The highest BCUT2D eigenvalue weighted by molar-refractivity contribution is 5.81. The van der Waals surface area contributed by atoms with Crippen molar-refractivity contribution in [3.8, 4) is 11.5 Å². The van der Waals surface area contributed by atoms with E-state index in [2.05, 4.69) is 0 Å². The largest absolute Gasteiger partial charge is 0.468 e. The number of carbonyl (C=O) groups is 4. The van der Waals surface area contributed by atoms with Gasteiger partial charge in [0.15, 0.2) is 11.5 Å². The number of esters is 4. The molecule has 0 aliphatic rings. The first-order chi connectivity index (χ1) is 18.6. The molecule has 1 rings (SSSR count). The molecule has 40 heavy (non-hydrogen) atoms. The Balaban J connectivity index is 3.18. The lowest BCUT2D eigenvalue weighted by molar-refractivity contribution is -0.155. The first-order valence-corrected chi connectivity index (χ1v) is 14.3. The topological polar surface area (TPSA) is 131 Å². The van der Waals surface area contributed by atoms with Crippen LogP contribution in [0.1, 0.15) is 99.0 Å². The summed E-state index contributed by atoms with van der Waals surface area (Å²) in [5, 5.41) is 0. The van der Waals surface area contributed by atoms with E-state index in [1.807, 2.05) is 41.5 Å². The van der Waals surface area contributed by atoms with Gasteiger partial charge in [-0.25, -0.2) is 0 Å². The molecule has 1 aromatic carbocycles. The van der Waals surface area contributed by atoms with Gasteiger partial charge in [-0.05, 0) is 61.6 Å². The van der Waals surface area contributed by atoms with Crippen molar-refractivity contribution in [2.24, 2.45) is 23.5 Å². The molecule has 0 aromatic heterocycles. The number of benzene rings is 1. The fourth-order valence-electron chi connectivity index (χ4n) is 4.03. The molecule has 0 aliphatic heterocycles. The fraction of sp³-hybridized carbons (Fsp3) is 0.677. The SMILES string of the molecule is COC(=O)C(N)(Cc1ccc(OC(=O)CCC(C)C)c(OC(=O)CCC(C)C)c1)C[C@H](C)OC(=O)CCC(C)C. The molecule has 0 heterocycles. The first kappa shape index (κ1) is 35.1. The molecule has 2 atom stereocenters. The summed E-state index contributed by atoms with van der Waals surface area (Å²) in [6.45, 7) is 13.8. The van der Waals surface area contributed by atoms with Crippen LogP contribution in [0.3, 0.4) is 0 Å². The molecular weight excluding hydrogens is 514 g/mol. The summed E-state index contributed by atoms with van der Waals surface area (Å²) in [4.78, 5) is 50.0. The van der Waals surface area contributed by atoms with Gasteiger partial charge < -0.3 is 24.7 Å². The summed E-state index contributed by atoms with van der Waals surface area (Å²) in [6.07, 6.45) is 2.09. The average molecular weight is 564 g/mol. The quantitative estimate of drug-likeness (QED) is 0.192. The van der Waals surface area contributed by atoms with Gasteiger partial charge >= 0.3 is 23.9 Å². The minimum Gasteiger partial charge on any atom is -0.468 e. The third-order valence-electron chi connectivity index (χ3n) is 6.33. The van der Waals surface area contributed by atoms with Crippen LogP contribution < -0.4 is 15.2 Å².